The fourth-order valence-electron chi connectivity index (χ4n) is 4.50. The third-order valence-electron chi connectivity index (χ3n) is 6.30. The Morgan fingerprint density at radius 3 is 2.43 bits per heavy atom. The van der Waals surface area contributed by atoms with Crippen LogP contribution >= 0.6 is 0 Å². The highest BCUT2D eigenvalue weighted by molar-refractivity contribution is 6.06. The summed E-state index contributed by atoms with van der Waals surface area (Å²) in [6.45, 7) is 7.33. The number of fused-ring (bicyclic) bond motifs is 1. The van der Waals surface area contributed by atoms with Gasteiger partial charge in [0.15, 0.2) is 0 Å². The van der Waals surface area contributed by atoms with Gasteiger partial charge in [-0.3, -0.25) is 24.5 Å². The molecule has 5 amide bonds. The lowest BCUT2D eigenvalue weighted by Gasteiger charge is -2.35. The number of carbonyl (C=O) groups excluding carboxylic acids is 5. The van der Waals surface area contributed by atoms with Crippen molar-refractivity contribution in [1.82, 2.24) is 20.0 Å². The SMILES string of the molecule is CC(C)(C)OC(=O)N1CCN(C(=O)CNc2cccc3c2CN(C2CCC(=O)NC2=O)C3=O)CC1. The van der Waals surface area contributed by atoms with Crippen LogP contribution in [0.25, 0.3) is 0 Å². The lowest BCUT2D eigenvalue weighted by Crippen LogP contribution is -2.52. The zero-order valence-corrected chi connectivity index (χ0v) is 20.3. The van der Waals surface area contributed by atoms with Crippen molar-refractivity contribution in [3.05, 3.63) is 29.3 Å². The summed E-state index contributed by atoms with van der Waals surface area (Å²) in [5.74, 6) is -1.17. The molecule has 11 nitrogen and oxygen atoms in total. The Labute approximate surface area is 203 Å². The number of anilines is 1. The van der Waals surface area contributed by atoms with Crippen LogP contribution in [-0.4, -0.2) is 88.8 Å². The summed E-state index contributed by atoms with van der Waals surface area (Å²) in [6, 6.07) is 4.54. The molecule has 1 unspecified atom stereocenters. The Hall–Kier alpha value is -3.63. The van der Waals surface area contributed by atoms with Crippen molar-refractivity contribution in [2.24, 2.45) is 0 Å². The zero-order chi connectivity index (χ0) is 25.3. The number of nitrogens with one attached hydrogen (secondary N) is 2. The van der Waals surface area contributed by atoms with Gasteiger partial charge in [0.05, 0.1) is 6.54 Å². The molecule has 0 aromatic heterocycles. The van der Waals surface area contributed by atoms with E-state index in [9.17, 15) is 24.0 Å². The van der Waals surface area contributed by atoms with Crippen LogP contribution in [0, 0.1) is 0 Å². The number of carbonyl (C=O) groups is 5. The van der Waals surface area contributed by atoms with Gasteiger partial charge < -0.3 is 24.8 Å². The Morgan fingerprint density at radius 2 is 1.77 bits per heavy atom. The molecular weight excluding hydrogens is 454 g/mol. The van der Waals surface area contributed by atoms with Gasteiger partial charge in [-0.05, 0) is 39.3 Å². The number of piperidine rings is 1. The Balaban J connectivity index is 1.33. The molecule has 3 heterocycles. The summed E-state index contributed by atoms with van der Waals surface area (Å²) >= 11 is 0. The summed E-state index contributed by atoms with van der Waals surface area (Å²) in [5.41, 5.74) is 1.30. The van der Waals surface area contributed by atoms with Crippen molar-refractivity contribution in [2.75, 3.05) is 38.0 Å². The van der Waals surface area contributed by atoms with Gasteiger partial charge in [0, 0.05) is 56.0 Å². The Bertz CT molecular complexity index is 1060. The maximum atomic E-state index is 12.9. The number of ether oxygens (including phenoxy) is 1. The second-order valence-electron chi connectivity index (χ2n) is 9.93. The van der Waals surface area contributed by atoms with Crippen LogP contribution in [0.2, 0.25) is 0 Å². The standard InChI is InChI=1S/C24H31N5O6/c1-24(2,3)35-23(34)28-11-9-27(10-12-28)20(31)13-25-17-6-4-5-15-16(17)14-29(22(15)33)18-7-8-19(30)26-21(18)32/h4-6,18,25H,7-14H2,1-3H3,(H,26,30,32). The van der Waals surface area contributed by atoms with Crippen molar-refractivity contribution < 1.29 is 28.7 Å². The third-order valence-corrected chi connectivity index (χ3v) is 6.30. The molecule has 35 heavy (non-hydrogen) atoms. The molecule has 0 spiro atoms. The van der Waals surface area contributed by atoms with Crippen LogP contribution in [0.3, 0.4) is 0 Å². The number of rotatable bonds is 4. The molecule has 1 aromatic rings. The van der Waals surface area contributed by atoms with Crippen LogP contribution in [0.1, 0.15) is 49.5 Å². The van der Waals surface area contributed by atoms with E-state index in [1.54, 1.807) is 28.0 Å². The van der Waals surface area contributed by atoms with Crippen LogP contribution in [0.4, 0.5) is 10.5 Å². The van der Waals surface area contributed by atoms with Gasteiger partial charge in [-0.1, -0.05) is 6.07 Å². The number of nitrogens with zero attached hydrogens (tertiary/aromatic N) is 3. The van der Waals surface area contributed by atoms with E-state index in [-0.39, 0.29) is 43.3 Å². The van der Waals surface area contributed by atoms with Crippen LogP contribution in [0.5, 0.6) is 0 Å². The molecule has 0 radical (unpaired) electrons. The summed E-state index contributed by atoms with van der Waals surface area (Å²) in [6.07, 6.45) is 0.103. The van der Waals surface area contributed by atoms with Gasteiger partial charge >= 0.3 is 6.09 Å². The molecule has 4 rings (SSSR count). The average molecular weight is 486 g/mol. The number of piperazine rings is 1. The largest absolute Gasteiger partial charge is 0.444 e. The fraction of sp³-hybridized carbons (Fsp3) is 0.542. The van der Waals surface area contributed by atoms with E-state index in [1.165, 1.54) is 4.90 Å². The molecule has 188 valence electrons. The zero-order valence-electron chi connectivity index (χ0n) is 20.3. The Kier molecular flexibility index (Phi) is 6.68. The molecule has 0 aliphatic carbocycles. The highest BCUT2D eigenvalue weighted by atomic mass is 16.6. The Morgan fingerprint density at radius 1 is 1.09 bits per heavy atom. The van der Waals surface area contributed by atoms with Gasteiger partial charge in [0.2, 0.25) is 17.7 Å². The first-order valence-corrected chi connectivity index (χ1v) is 11.8. The van der Waals surface area contributed by atoms with E-state index in [0.717, 1.165) is 5.56 Å². The fourth-order valence-corrected chi connectivity index (χ4v) is 4.50. The third kappa shape index (κ3) is 5.39. The predicted molar refractivity (Wildman–Crippen MR) is 125 cm³/mol. The molecule has 2 saturated heterocycles. The summed E-state index contributed by atoms with van der Waals surface area (Å²) in [7, 11) is 0. The first kappa shape index (κ1) is 24.5. The number of amides is 5. The minimum absolute atomic E-state index is 0.0372. The van der Waals surface area contributed by atoms with Crippen molar-refractivity contribution >= 4 is 35.4 Å². The smallest absolute Gasteiger partial charge is 0.410 e. The molecule has 2 fully saturated rings. The summed E-state index contributed by atoms with van der Waals surface area (Å²) < 4.78 is 5.39. The van der Waals surface area contributed by atoms with Gasteiger partial charge in [0.1, 0.15) is 11.6 Å². The quantitative estimate of drug-likeness (QED) is 0.608. The molecule has 0 bridgehead atoms. The molecule has 1 atom stereocenters. The molecule has 1 aromatic carbocycles. The van der Waals surface area contributed by atoms with Gasteiger partial charge in [-0.25, -0.2) is 4.79 Å². The van der Waals surface area contributed by atoms with Crippen LogP contribution < -0.4 is 10.6 Å². The van der Waals surface area contributed by atoms with Crippen molar-refractivity contribution in [3.63, 3.8) is 0 Å². The highest BCUT2D eigenvalue weighted by Crippen LogP contribution is 2.32. The molecule has 11 heteroatoms. The lowest BCUT2D eigenvalue weighted by molar-refractivity contribution is -0.137. The van der Waals surface area contributed by atoms with E-state index in [2.05, 4.69) is 10.6 Å². The van der Waals surface area contributed by atoms with Crippen LogP contribution in [0.15, 0.2) is 18.2 Å². The molecule has 2 N–H and O–H groups in total. The van der Waals surface area contributed by atoms with E-state index >= 15 is 0 Å². The topological polar surface area (TPSA) is 128 Å². The van der Waals surface area contributed by atoms with E-state index < -0.39 is 17.6 Å². The van der Waals surface area contributed by atoms with Crippen molar-refractivity contribution in [1.29, 1.82) is 0 Å². The number of benzene rings is 1. The maximum absolute atomic E-state index is 12.9. The lowest BCUT2D eigenvalue weighted by atomic mass is 10.0. The number of hydrogen-bond acceptors (Lipinski definition) is 7. The second-order valence-corrected chi connectivity index (χ2v) is 9.93. The normalized spacial score (nSPS) is 20.5. The molecule has 0 saturated carbocycles. The van der Waals surface area contributed by atoms with E-state index in [0.29, 0.717) is 43.9 Å². The second kappa shape index (κ2) is 9.55. The minimum atomic E-state index is -0.691. The number of hydrogen-bond donors (Lipinski definition) is 2. The minimum Gasteiger partial charge on any atom is -0.444 e. The maximum Gasteiger partial charge on any atom is 0.410 e. The predicted octanol–water partition coefficient (Wildman–Crippen LogP) is 0.939. The first-order valence-electron chi connectivity index (χ1n) is 11.8. The van der Waals surface area contributed by atoms with E-state index in [1.807, 2.05) is 20.8 Å². The molecule has 3 aliphatic heterocycles. The monoisotopic (exact) mass is 485 g/mol. The summed E-state index contributed by atoms with van der Waals surface area (Å²) in [4.78, 5) is 66.5. The number of imide groups is 1. The summed E-state index contributed by atoms with van der Waals surface area (Å²) in [5, 5.41) is 5.44. The van der Waals surface area contributed by atoms with Gasteiger partial charge in [-0.2, -0.15) is 0 Å². The van der Waals surface area contributed by atoms with Gasteiger partial charge in [0.25, 0.3) is 5.91 Å². The van der Waals surface area contributed by atoms with Crippen LogP contribution in [-0.2, 0) is 25.7 Å². The molecule has 3 aliphatic rings. The first-order chi connectivity index (χ1) is 16.5. The van der Waals surface area contributed by atoms with Gasteiger partial charge in [-0.15, -0.1) is 0 Å². The highest BCUT2D eigenvalue weighted by Gasteiger charge is 2.40. The molecular formula is C24H31N5O6. The average Bonchev–Trinajstić information content (AvgIpc) is 3.13. The van der Waals surface area contributed by atoms with E-state index in [4.69, 9.17) is 4.74 Å². The van der Waals surface area contributed by atoms with Crippen molar-refractivity contribution in [2.45, 2.75) is 51.8 Å². The van der Waals surface area contributed by atoms with Crippen molar-refractivity contribution in [3.8, 4) is 0 Å².